The van der Waals surface area contributed by atoms with Gasteiger partial charge in [0.15, 0.2) is 5.16 Å². The first-order chi connectivity index (χ1) is 13.1. The molecule has 0 aliphatic carbocycles. The smallest absolute Gasteiger partial charge is 0.279 e. The van der Waals surface area contributed by atoms with Crippen LogP contribution in [0, 0.1) is 0 Å². The van der Waals surface area contributed by atoms with Crippen LogP contribution in [0.4, 0.5) is 5.82 Å². The first kappa shape index (κ1) is 17.5. The molecule has 0 spiro atoms. The molecule has 1 aliphatic rings. The molecule has 0 unspecified atom stereocenters. The van der Waals surface area contributed by atoms with E-state index in [9.17, 15) is 9.59 Å². The van der Waals surface area contributed by atoms with Crippen LogP contribution in [0.1, 0.15) is 23.5 Å². The lowest BCUT2D eigenvalue weighted by Gasteiger charge is -2.28. The fourth-order valence-corrected chi connectivity index (χ4v) is 4.32. The molecule has 0 saturated carbocycles. The Balaban J connectivity index is 1.93. The molecule has 136 valence electrons. The van der Waals surface area contributed by atoms with Crippen LogP contribution in [-0.4, -0.2) is 21.2 Å². The Kier molecular flexibility index (Phi) is 4.58. The number of benzene rings is 2. The molecule has 1 aromatic heterocycles. The summed E-state index contributed by atoms with van der Waals surface area (Å²) >= 11 is 1.42. The van der Waals surface area contributed by atoms with E-state index < -0.39 is 0 Å². The van der Waals surface area contributed by atoms with E-state index in [0.29, 0.717) is 22.3 Å². The number of amides is 1. The first-order valence-corrected chi connectivity index (χ1v) is 9.71. The molecule has 5 nitrogen and oxygen atoms in total. The Hall–Kier alpha value is -2.86. The SMILES string of the molecule is C=CCSc1nc(=O)c2c(n1C)NC(=O)C[C@@H]2c1cccc2ccccc12. The molecule has 1 amide bonds. The second-order valence-corrected chi connectivity index (χ2v) is 7.48. The lowest BCUT2D eigenvalue weighted by molar-refractivity contribution is -0.116. The monoisotopic (exact) mass is 377 g/mol. The van der Waals surface area contributed by atoms with Crippen molar-refractivity contribution in [1.29, 1.82) is 0 Å². The number of hydrogen-bond donors (Lipinski definition) is 1. The summed E-state index contributed by atoms with van der Waals surface area (Å²) in [4.78, 5) is 29.7. The molecule has 2 aromatic carbocycles. The molecule has 1 N–H and O–H groups in total. The number of fused-ring (bicyclic) bond motifs is 2. The maximum absolute atomic E-state index is 12.9. The van der Waals surface area contributed by atoms with E-state index in [1.165, 1.54) is 11.8 Å². The minimum absolute atomic E-state index is 0.0960. The topological polar surface area (TPSA) is 64.0 Å². The number of hydrogen-bond acceptors (Lipinski definition) is 4. The Morgan fingerprint density at radius 3 is 2.85 bits per heavy atom. The summed E-state index contributed by atoms with van der Waals surface area (Å²) in [6, 6.07) is 14.0. The van der Waals surface area contributed by atoms with E-state index in [-0.39, 0.29) is 23.8 Å². The van der Waals surface area contributed by atoms with Crippen LogP contribution in [0.5, 0.6) is 0 Å². The van der Waals surface area contributed by atoms with Crippen LogP contribution >= 0.6 is 11.8 Å². The predicted molar refractivity (Wildman–Crippen MR) is 109 cm³/mol. The first-order valence-electron chi connectivity index (χ1n) is 8.72. The summed E-state index contributed by atoms with van der Waals surface area (Å²) in [5.41, 5.74) is 1.25. The van der Waals surface area contributed by atoms with Crippen LogP contribution < -0.4 is 10.9 Å². The van der Waals surface area contributed by atoms with Crippen molar-refractivity contribution in [3.8, 4) is 0 Å². The zero-order valence-corrected chi connectivity index (χ0v) is 15.8. The van der Waals surface area contributed by atoms with Crippen LogP contribution in [0.25, 0.3) is 10.8 Å². The Bertz CT molecular complexity index is 1110. The highest BCUT2D eigenvalue weighted by Crippen LogP contribution is 2.38. The van der Waals surface area contributed by atoms with Gasteiger partial charge in [0.05, 0.1) is 5.56 Å². The number of anilines is 1. The number of carbonyl (C=O) groups excluding carboxylic acids is 1. The average molecular weight is 377 g/mol. The van der Waals surface area contributed by atoms with Crippen molar-refractivity contribution >= 4 is 34.3 Å². The van der Waals surface area contributed by atoms with Gasteiger partial charge in [-0.3, -0.25) is 9.59 Å². The fraction of sp³-hybridized carbons (Fsp3) is 0.190. The third kappa shape index (κ3) is 3.06. The van der Waals surface area contributed by atoms with Crippen molar-refractivity contribution in [2.24, 2.45) is 7.05 Å². The number of aromatic nitrogens is 2. The molecule has 1 atom stereocenters. The van der Waals surface area contributed by atoms with E-state index in [4.69, 9.17) is 0 Å². The highest BCUT2D eigenvalue weighted by atomic mass is 32.2. The molecule has 6 heteroatoms. The number of carbonyl (C=O) groups is 1. The molecule has 27 heavy (non-hydrogen) atoms. The summed E-state index contributed by atoms with van der Waals surface area (Å²) in [5.74, 6) is 0.765. The predicted octanol–water partition coefficient (Wildman–Crippen LogP) is 3.69. The molecule has 0 saturated heterocycles. The zero-order valence-electron chi connectivity index (χ0n) is 14.9. The standard InChI is InChI=1S/C21H19N3O2S/c1-3-11-27-21-23-20(26)18-16(12-17(25)22-19(18)24(21)2)15-10-6-8-13-7-4-5-9-14(13)15/h3-10,16H,1,11-12H2,2H3,(H,22,25)/t16-/m1/s1. The number of nitrogens with zero attached hydrogens (tertiary/aromatic N) is 2. The molecule has 4 rings (SSSR count). The molecule has 0 bridgehead atoms. The largest absolute Gasteiger partial charge is 0.312 e. The van der Waals surface area contributed by atoms with Crippen LogP contribution in [-0.2, 0) is 11.8 Å². The van der Waals surface area contributed by atoms with Gasteiger partial charge < -0.3 is 9.88 Å². The Morgan fingerprint density at radius 2 is 2.04 bits per heavy atom. The van der Waals surface area contributed by atoms with Gasteiger partial charge in [0.2, 0.25) is 5.91 Å². The van der Waals surface area contributed by atoms with Gasteiger partial charge in [-0.25, -0.2) is 0 Å². The summed E-state index contributed by atoms with van der Waals surface area (Å²) in [6.45, 7) is 3.70. The quantitative estimate of drug-likeness (QED) is 0.428. The molecule has 0 fully saturated rings. The summed E-state index contributed by atoms with van der Waals surface area (Å²) in [7, 11) is 1.82. The van der Waals surface area contributed by atoms with Crippen LogP contribution in [0.15, 0.2) is 65.1 Å². The van der Waals surface area contributed by atoms with E-state index >= 15 is 0 Å². The Morgan fingerprint density at radius 1 is 1.26 bits per heavy atom. The van der Waals surface area contributed by atoms with E-state index in [1.807, 2.05) is 49.5 Å². The van der Waals surface area contributed by atoms with E-state index in [2.05, 4.69) is 16.9 Å². The highest BCUT2D eigenvalue weighted by Gasteiger charge is 2.32. The summed E-state index contributed by atoms with van der Waals surface area (Å²) < 4.78 is 1.79. The van der Waals surface area contributed by atoms with Gasteiger partial charge in [-0.1, -0.05) is 60.3 Å². The second kappa shape index (κ2) is 7.04. The minimum atomic E-state index is -0.315. The van der Waals surface area contributed by atoms with Crippen molar-refractivity contribution in [3.63, 3.8) is 0 Å². The van der Waals surface area contributed by atoms with Gasteiger partial charge >= 0.3 is 0 Å². The lowest BCUT2D eigenvalue weighted by Crippen LogP contribution is -2.33. The number of thioether (sulfide) groups is 1. The maximum atomic E-state index is 12.9. The van der Waals surface area contributed by atoms with Gasteiger partial charge in [0.25, 0.3) is 5.56 Å². The number of rotatable bonds is 4. The third-order valence-corrected chi connectivity index (χ3v) is 5.86. The molecular formula is C21H19N3O2S. The molecule has 2 heterocycles. The van der Waals surface area contributed by atoms with Crippen molar-refractivity contribution in [2.75, 3.05) is 11.1 Å². The van der Waals surface area contributed by atoms with Gasteiger partial charge in [0, 0.05) is 25.1 Å². The molecule has 1 aliphatic heterocycles. The number of nitrogens with one attached hydrogen (secondary N) is 1. The van der Waals surface area contributed by atoms with Gasteiger partial charge in [-0.05, 0) is 16.3 Å². The zero-order chi connectivity index (χ0) is 19.0. The van der Waals surface area contributed by atoms with Crippen molar-refractivity contribution in [2.45, 2.75) is 17.5 Å². The lowest BCUT2D eigenvalue weighted by atomic mass is 9.84. The van der Waals surface area contributed by atoms with E-state index in [0.717, 1.165) is 16.3 Å². The van der Waals surface area contributed by atoms with Gasteiger partial charge in [0.1, 0.15) is 5.82 Å². The fourth-order valence-electron chi connectivity index (χ4n) is 3.62. The minimum Gasteiger partial charge on any atom is -0.312 e. The normalized spacial score (nSPS) is 16.0. The Labute approximate surface area is 161 Å². The third-order valence-electron chi connectivity index (χ3n) is 4.83. The summed E-state index contributed by atoms with van der Waals surface area (Å²) in [5, 5.41) is 5.59. The van der Waals surface area contributed by atoms with Crippen molar-refractivity contribution in [1.82, 2.24) is 9.55 Å². The average Bonchev–Trinajstić information content (AvgIpc) is 2.68. The molecule has 3 aromatic rings. The van der Waals surface area contributed by atoms with Gasteiger partial charge in [-0.2, -0.15) is 4.98 Å². The van der Waals surface area contributed by atoms with Gasteiger partial charge in [-0.15, -0.1) is 6.58 Å². The molecule has 0 radical (unpaired) electrons. The highest BCUT2D eigenvalue weighted by molar-refractivity contribution is 7.99. The van der Waals surface area contributed by atoms with Crippen molar-refractivity contribution in [3.05, 3.63) is 76.6 Å². The van der Waals surface area contributed by atoms with Crippen LogP contribution in [0.2, 0.25) is 0 Å². The van der Waals surface area contributed by atoms with Crippen LogP contribution in [0.3, 0.4) is 0 Å². The van der Waals surface area contributed by atoms with Crippen molar-refractivity contribution < 1.29 is 4.79 Å². The maximum Gasteiger partial charge on any atom is 0.279 e. The summed E-state index contributed by atoms with van der Waals surface area (Å²) in [6.07, 6.45) is 1.99. The van der Waals surface area contributed by atoms with E-state index in [1.54, 1.807) is 10.6 Å². The second-order valence-electron chi connectivity index (χ2n) is 6.49. The molecular weight excluding hydrogens is 358 g/mol.